The van der Waals surface area contributed by atoms with Gasteiger partial charge in [-0.3, -0.25) is 4.79 Å². The van der Waals surface area contributed by atoms with Crippen molar-refractivity contribution in [2.75, 3.05) is 0 Å². The highest BCUT2D eigenvalue weighted by Crippen LogP contribution is 2.09. The van der Waals surface area contributed by atoms with Gasteiger partial charge in [-0.1, -0.05) is 0 Å². The van der Waals surface area contributed by atoms with Crippen LogP contribution in [0.3, 0.4) is 0 Å². The minimum atomic E-state index is -0.530. The van der Waals surface area contributed by atoms with Crippen LogP contribution in [0.2, 0.25) is 0 Å². The Hall–Kier alpha value is -1.78. The van der Waals surface area contributed by atoms with Crippen LogP contribution in [0.25, 0.3) is 0 Å². The zero-order chi connectivity index (χ0) is 13.1. The van der Waals surface area contributed by atoms with Crippen molar-refractivity contribution in [1.29, 1.82) is 0 Å². The minimum Gasteiger partial charge on any atom is -0.456 e. The topological polar surface area (TPSA) is 68.5 Å². The summed E-state index contributed by atoms with van der Waals surface area (Å²) in [6.07, 6.45) is -0.515. The predicted molar refractivity (Wildman–Crippen MR) is 61.8 cm³/mol. The van der Waals surface area contributed by atoms with Crippen molar-refractivity contribution < 1.29 is 18.7 Å². The van der Waals surface area contributed by atoms with Crippen molar-refractivity contribution >= 4 is 11.9 Å². The molecule has 0 aliphatic carbocycles. The van der Waals surface area contributed by atoms with E-state index in [1.54, 1.807) is 32.9 Å². The van der Waals surface area contributed by atoms with Crippen molar-refractivity contribution in [1.82, 2.24) is 5.32 Å². The summed E-state index contributed by atoms with van der Waals surface area (Å²) in [6, 6.07) is 3.22. The number of carbonyl (C=O) groups excluding carboxylic acids is 2. The number of furan rings is 1. The number of Topliss-reactive ketones (excluding diaryl/α,β-unsaturated/α-hetero) is 1. The van der Waals surface area contributed by atoms with Gasteiger partial charge in [0, 0.05) is 6.92 Å². The van der Waals surface area contributed by atoms with E-state index in [4.69, 9.17) is 9.15 Å². The van der Waals surface area contributed by atoms with Gasteiger partial charge in [0.1, 0.15) is 11.4 Å². The van der Waals surface area contributed by atoms with Gasteiger partial charge in [-0.25, -0.2) is 4.79 Å². The molecule has 0 unspecified atom stereocenters. The van der Waals surface area contributed by atoms with Crippen LogP contribution in [0.5, 0.6) is 0 Å². The molecule has 0 spiro atoms. The molecule has 1 N–H and O–H groups in total. The maximum Gasteiger partial charge on any atom is 0.408 e. The fraction of sp³-hybridized carbons (Fsp3) is 0.500. The lowest BCUT2D eigenvalue weighted by atomic mass is 10.2. The second kappa shape index (κ2) is 5.03. The molecular weight excluding hydrogens is 222 g/mol. The molecular formula is C12H17NO4. The van der Waals surface area contributed by atoms with Crippen molar-refractivity contribution in [2.45, 2.75) is 39.8 Å². The van der Waals surface area contributed by atoms with Crippen LogP contribution in [0.4, 0.5) is 4.79 Å². The van der Waals surface area contributed by atoms with Crippen LogP contribution >= 0.6 is 0 Å². The van der Waals surface area contributed by atoms with Crippen molar-refractivity contribution in [3.05, 3.63) is 23.7 Å². The average molecular weight is 239 g/mol. The number of hydrogen-bond acceptors (Lipinski definition) is 4. The predicted octanol–water partition coefficient (Wildman–Crippen LogP) is 2.51. The van der Waals surface area contributed by atoms with Gasteiger partial charge in [0.2, 0.25) is 0 Å². The molecule has 1 aromatic rings. The molecule has 0 aromatic carbocycles. The summed E-state index contributed by atoms with van der Waals surface area (Å²) in [5.74, 6) is 0.653. The Bertz CT molecular complexity index is 414. The Labute approximate surface area is 100 Å². The summed E-state index contributed by atoms with van der Waals surface area (Å²) in [4.78, 5) is 22.3. The molecule has 1 heterocycles. The Morgan fingerprint density at radius 1 is 1.35 bits per heavy atom. The Balaban J connectivity index is 2.45. The average Bonchev–Trinajstić information content (AvgIpc) is 2.60. The van der Waals surface area contributed by atoms with Gasteiger partial charge >= 0.3 is 6.09 Å². The zero-order valence-corrected chi connectivity index (χ0v) is 10.5. The fourth-order valence-electron chi connectivity index (χ4n) is 1.14. The number of amides is 1. The molecule has 1 rings (SSSR count). The zero-order valence-electron chi connectivity index (χ0n) is 10.5. The molecule has 17 heavy (non-hydrogen) atoms. The Morgan fingerprint density at radius 3 is 2.47 bits per heavy atom. The van der Waals surface area contributed by atoms with Crippen LogP contribution in [0.15, 0.2) is 16.5 Å². The first-order valence-electron chi connectivity index (χ1n) is 5.34. The van der Waals surface area contributed by atoms with Crippen LogP contribution in [0, 0.1) is 0 Å². The van der Waals surface area contributed by atoms with Crippen molar-refractivity contribution in [2.24, 2.45) is 0 Å². The van der Waals surface area contributed by atoms with Gasteiger partial charge in [-0.05, 0) is 32.9 Å². The van der Waals surface area contributed by atoms with Gasteiger partial charge in [-0.2, -0.15) is 0 Å². The normalized spacial score (nSPS) is 11.1. The first-order valence-corrected chi connectivity index (χ1v) is 5.34. The molecule has 0 bridgehead atoms. The number of ketones is 1. The Morgan fingerprint density at radius 2 is 2.00 bits per heavy atom. The minimum absolute atomic E-state index is 0.145. The molecule has 0 atom stereocenters. The molecule has 0 radical (unpaired) electrons. The van der Waals surface area contributed by atoms with Crippen LogP contribution < -0.4 is 5.32 Å². The van der Waals surface area contributed by atoms with Gasteiger partial charge in [0.05, 0.1) is 6.54 Å². The molecule has 0 aliphatic heterocycles. The first kappa shape index (κ1) is 13.3. The lowest BCUT2D eigenvalue weighted by Gasteiger charge is -2.19. The maximum atomic E-state index is 11.3. The number of hydrogen-bond donors (Lipinski definition) is 1. The van der Waals surface area contributed by atoms with E-state index in [1.807, 2.05) is 0 Å². The lowest BCUT2D eigenvalue weighted by Crippen LogP contribution is -2.32. The molecule has 1 amide bonds. The summed E-state index contributed by atoms with van der Waals surface area (Å²) < 4.78 is 10.3. The second-order valence-corrected chi connectivity index (χ2v) is 4.68. The number of carbonyl (C=O) groups is 2. The van der Waals surface area contributed by atoms with Gasteiger partial charge < -0.3 is 14.5 Å². The largest absolute Gasteiger partial charge is 0.456 e. The quantitative estimate of drug-likeness (QED) is 0.823. The van der Waals surface area contributed by atoms with Crippen molar-refractivity contribution in [3.63, 3.8) is 0 Å². The van der Waals surface area contributed by atoms with Crippen LogP contribution in [-0.4, -0.2) is 17.5 Å². The Kier molecular flexibility index (Phi) is 3.93. The molecule has 0 saturated heterocycles. The highest BCUT2D eigenvalue weighted by molar-refractivity contribution is 5.91. The molecule has 0 fully saturated rings. The molecule has 0 aliphatic rings. The van der Waals surface area contributed by atoms with E-state index in [-0.39, 0.29) is 18.1 Å². The summed E-state index contributed by atoms with van der Waals surface area (Å²) in [5, 5.41) is 2.54. The summed E-state index contributed by atoms with van der Waals surface area (Å²) in [5.41, 5.74) is -0.530. The van der Waals surface area contributed by atoms with Gasteiger partial charge in [-0.15, -0.1) is 0 Å². The van der Waals surface area contributed by atoms with E-state index in [0.29, 0.717) is 5.76 Å². The van der Waals surface area contributed by atoms with E-state index in [2.05, 4.69) is 5.32 Å². The monoisotopic (exact) mass is 239 g/mol. The number of rotatable bonds is 3. The third kappa shape index (κ3) is 4.72. The van der Waals surface area contributed by atoms with Crippen LogP contribution in [0.1, 0.15) is 44.0 Å². The molecule has 0 saturated carbocycles. The highest BCUT2D eigenvalue weighted by atomic mass is 16.6. The maximum absolute atomic E-state index is 11.3. The third-order valence-corrected chi connectivity index (χ3v) is 1.81. The number of alkyl carbamates (subject to hydrolysis) is 1. The highest BCUT2D eigenvalue weighted by Gasteiger charge is 2.16. The van der Waals surface area contributed by atoms with Gasteiger partial charge in [0.15, 0.2) is 11.5 Å². The lowest BCUT2D eigenvalue weighted by molar-refractivity contribution is 0.0520. The van der Waals surface area contributed by atoms with E-state index in [0.717, 1.165) is 0 Å². The number of nitrogens with one attached hydrogen (secondary N) is 1. The van der Waals surface area contributed by atoms with E-state index < -0.39 is 11.7 Å². The smallest absolute Gasteiger partial charge is 0.408 e. The van der Waals surface area contributed by atoms with E-state index in [9.17, 15) is 9.59 Å². The molecule has 94 valence electrons. The van der Waals surface area contributed by atoms with Gasteiger partial charge in [0.25, 0.3) is 0 Å². The SMILES string of the molecule is CC(=O)c1ccc(CNC(=O)OC(C)(C)C)o1. The molecule has 1 aromatic heterocycles. The summed E-state index contributed by atoms with van der Waals surface area (Å²) in [6.45, 7) is 6.97. The third-order valence-electron chi connectivity index (χ3n) is 1.81. The first-order chi connectivity index (χ1) is 7.78. The number of ether oxygens (including phenoxy) is 1. The van der Waals surface area contributed by atoms with E-state index in [1.165, 1.54) is 6.92 Å². The summed E-state index contributed by atoms with van der Waals surface area (Å²) in [7, 11) is 0. The van der Waals surface area contributed by atoms with Crippen LogP contribution in [-0.2, 0) is 11.3 Å². The summed E-state index contributed by atoms with van der Waals surface area (Å²) >= 11 is 0. The molecule has 5 nitrogen and oxygen atoms in total. The second-order valence-electron chi connectivity index (χ2n) is 4.68. The standard InChI is InChI=1S/C12H17NO4/c1-8(14)10-6-5-9(16-10)7-13-11(15)17-12(2,3)4/h5-6H,7H2,1-4H3,(H,13,15). The fourth-order valence-corrected chi connectivity index (χ4v) is 1.14. The van der Waals surface area contributed by atoms with Crippen molar-refractivity contribution in [3.8, 4) is 0 Å². The van der Waals surface area contributed by atoms with E-state index >= 15 is 0 Å². The molecule has 5 heteroatoms.